The van der Waals surface area contributed by atoms with Crippen LogP contribution in [0.5, 0.6) is 0 Å². The van der Waals surface area contributed by atoms with Crippen molar-refractivity contribution in [2.24, 2.45) is 0 Å². The van der Waals surface area contributed by atoms with Crippen LogP contribution in [-0.2, 0) is 4.74 Å². The van der Waals surface area contributed by atoms with E-state index in [9.17, 15) is 13.2 Å². The average Bonchev–Trinajstić information content (AvgIpc) is 1.86. The summed E-state index contributed by atoms with van der Waals surface area (Å²) in [6.45, 7) is 2.10. The average molecular weight is 206 g/mol. The van der Waals surface area contributed by atoms with Crippen LogP contribution in [0.15, 0.2) is 0 Å². The Morgan fingerprint density at radius 2 is 2.00 bits per heavy atom. The first-order valence-corrected chi connectivity index (χ1v) is 3.43. The molecule has 1 aliphatic heterocycles. The van der Waals surface area contributed by atoms with Crippen LogP contribution in [0, 0.1) is 0 Å². The van der Waals surface area contributed by atoms with Crippen LogP contribution in [0.25, 0.3) is 0 Å². The standard InChI is InChI=1S/C6H10F3NO.ClH/c1-4-5(6(7,8)9)11-3-2-10-4;/h4-5,10H,2-3H2,1H3;1H/t4-,5-;/m0./s1. The van der Waals surface area contributed by atoms with E-state index >= 15 is 0 Å². The smallest absolute Gasteiger partial charge is 0.366 e. The monoisotopic (exact) mass is 205 g/mol. The molecule has 0 aromatic heterocycles. The molecule has 0 amide bonds. The van der Waals surface area contributed by atoms with Gasteiger partial charge in [-0.1, -0.05) is 0 Å². The van der Waals surface area contributed by atoms with Gasteiger partial charge in [0.15, 0.2) is 6.10 Å². The fourth-order valence-electron chi connectivity index (χ4n) is 1.10. The van der Waals surface area contributed by atoms with Crippen molar-refractivity contribution in [2.75, 3.05) is 13.2 Å². The summed E-state index contributed by atoms with van der Waals surface area (Å²) < 4.78 is 40.6. The minimum absolute atomic E-state index is 0. The lowest BCUT2D eigenvalue weighted by Gasteiger charge is -2.31. The van der Waals surface area contributed by atoms with Gasteiger partial charge in [-0.2, -0.15) is 13.2 Å². The minimum atomic E-state index is -4.24. The van der Waals surface area contributed by atoms with Crippen molar-refractivity contribution in [3.05, 3.63) is 0 Å². The maximum atomic E-state index is 12.0. The molecule has 0 unspecified atom stereocenters. The van der Waals surface area contributed by atoms with E-state index in [0.717, 1.165) is 0 Å². The van der Waals surface area contributed by atoms with E-state index < -0.39 is 18.3 Å². The number of nitrogens with one attached hydrogen (secondary N) is 1. The largest absolute Gasteiger partial charge is 0.416 e. The molecule has 1 heterocycles. The lowest BCUT2D eigenvalue weighted by molar-refractivity contribution is -0.235. The molecule has 0 aliphatic carbocycles. The van der Waals surface area contributed by atoms with Gasteiger partial charge in [-0.3, -0.25) is 0 Å². The number of ether oxygens (including phenoxy) is 1. The minimum Gasteiger partial charge on any atom is -0.366 e. The molecule has 1 fully saturated rings. The Kier molecular flexibility index (Phi) is 4.30. The summed E-state index contributed by atoms with van der Waals surface area (Å²) in [5, 5.41) is 2.69. The molecule has 0 saturated carbocycles. The third-order valence-electron chi connectivity index (χ3n) is 1.64. The van der Waals surface area contributed by atoms with E-state index in [1.54, 1.807) is 0 Å². The summed E-state index contributed by atoms with van der Waals surface area (Å²) in [6.07, 6.45) is -5.89. The van der Waals surface area contributed by atoms with Crippen LogP contribution in [0.2, 0.25) is 0 Å². The van der Waals surface area contributed by atoms with Gasteiger partial charge in [0.05, 0.1) is 6.61 Å². The topological polar surface area (TPSA) is 21.3 Å². The second-order valence-corrected chi connectivity index (χ2v) is 2.58. The summed E-state index contributed by atoms with van der Waals surface area (Å²) in [5.74, 6) is 0. The molecule has 1 rings (SSSR count). The summed E-state index contributed by atoms with van der Waals surface area (Å²) >= 11 is 0. The molecule has 0 aromatic carbocycles. The Hall–Kier alpha value is -0.0000000000000000555. The van der Waals surface area contributed by atoms with Gasteiger partial charge in [0.25, 0.3) is 0 Å². The SMILES string of the molecule is C[C@@H]1NCCO[C@@H]1C(F)(F)F.Cl. The predicted octanol–water partition coefficient (Wildman–Crippen LogP) is 1.35. The first kappa shape index (κ1) is 12.0. The molecule has 1 N–H and O–H groups in total. The van der Waals surface area contributed by atoms with Gasteiger partial charge in [0.1, 0.15) is 0 Å². The molecule has 1 aliphatic rings. The van der Waals surface area contributed by atoms with Crippen molar-refractivity contribution in [2.45, 2.75) is 25.2 Å². The molecule has 0 aromatic rings. The third-order valence-corrected chi connectivity index (χ3v) is 1.64. The number of morpholine rings is 1. The first-order valence-electron chi connectivity index (χ1n) is 3.43. The van der Waals surface area contributed by atoms with E-state index in [-0.39, 0.29) is 19.0 Å². The highest BCUT2D eigenvalue weighted by atomic mass is 35.5. The molecular weight excluding hydrogens is 195 g/mol. The number of hydrogen-bond acceptors (Lipinski definition) is 2. The highest BCUT2D eigenvalue weighted by molar-refractivity contribution is 5.85. The van der Waals surface area contributed by atoms with Crippen LogP contribution in [0.3, 0.4) is 0 Å². The van der Waals surface area contributed by atoms with Gasteiger partial charge in [0.2, 0.25) is 0 Å². The molecule has 1 saturated heterocycles. The van der Waals surface area contributed by atoms with E-state index in [4.69, 9.17) is 0 Å². The van der Waals surface area contributed by atoms with Gasteiger partial charge in [0, 0.05) is 12.6 Å². The van der Waals surface area contributed by atoms with Crippen LogP contribution < -0.4 is 5.32 Å². The molecule has 2 nitrogen and oxygen atoms in total. The molecule has 74 valence electrons. The Labute approximate surface area is 74.9 Å². The van der Waals surface area contributed by atoms with Gasteiger partial charge >= 0.3 is 6.18 Å². The van der Waals surface area contributed by atoms with Crippen molar-refractivity contribution < 1.29 is 17.9 Å². The second kappa shape index (κ2) is 4.30. The third kappa shape index (κ3) is 2.80. The Morgan fingerprint density at radius 1 is 1.42 bits per heavy atom. The molecule has 2 atom stereocenters. The summed E-state index contributed by atoms with van der Waals surface area (Å²) in [7, 11) is 0. The van der Waals surface area contributed by atoms with Crippen molar-refractivity contribution in [1.29, 1.82) is 0 Å². The molecule has 6 heteroatoms. The van der Waals surface area contributed by atoms with Crippen molar-refractivity contribution >= 4 is 12.4 Å². The highest BCUT2D eigenvalue weighted by Gasteiger charge is 2.45. The van der Waals surface area contributed by atoms with Crippen LogP contribution in [0.1, 0.15) is 6.92 Å². The first-order chi connectivity index (χ1) is 5.02. The molecular formula is C6H11ClF3NO. The van der Waals surface area contributed by atoms with Gasteiger partial charge < -0.3 is 10.1 Å². The highest BCUT2D eigenvalue weighted by Crippen LogP contribution is 2.26. The van der Waals surface area contributed by atoms with E-state index in [2.05, 4.69) is 10.1 Å². The maximum absolute atomic E-state index is 12.0. The number of alkyl halides is 3. The van der Waals surface area contributed by atoms with Gasteiger partial charge in [-0.05, 0) is 6.92 Å². The van der Waals surface area contributed by atoms with E-state index in [1.165, 1.54) is 6.92 Å². The fraction of sp³-hybridized carbons (Fsp3) is 1.00. The maximum Gasteiger partial charge on any atom is 0.416 e. The van der Waals surface area contributed by atoms with Gasteiger partial charge in [-0.25, -0.2) is 0 Å². The predicted molar refractivity (Wildman–Crippen MR) is 40.5 cm³/mol. The Balaban J connectivity index is 0.00000121. The molecule has 0 radical (unpaired) electrons. The Morgan fingerprint density at radius 3 is 2.33 bits per heavy atom. The molecule has 12 heavy (non-hydrogen) atoms. The summed E-state index contributed by atoms with van der Waals surface area (Å²) in [4.78, 5) is 0. The Bertz CT molecular complexity index is 141. The zero-order chi connectivity index (χ0) is 8.48. The van der Waals surface area contributed by atoms with Crippen LogP contribution >= 0.6 is 12.4 Å². The van der Waals surface area contributed by atoms with Crippen molar-refractivity contribution in [3.8, 4) is 0 Å². The molecule has 0 bridgehead atoms. The van der Waals surface area contributed by atoms with Gasteiger partial charge in [-0.15, -0.1) is 12.4 Å². The zero-order valence-corrected chi connectivity index (χ0v) is 7.34. The lowest BCUT2D eigenvalue weighted by Crippen LogP contribution is -2.53. The van der Waals surface area contributed by atoms with E-state index in [0.29, 0.717) is 6.54 Å². The molecule has 0 spiro atoms. The fourth-order valence-corrected chi connectivity index (χ4v) is 1.10. The van der Waals surface area contributed by atoms with Crippen LogP contribution in [0.4, 0.5) is 13.2 Å². The summed E-state index contributed by atoms with van der Waals surface area (Å²) in [6, 6.07) is -0.635. The van der Waals surface area contributed by atoms with E-state index in [1.807, 2.05) is 0 Å². The normalized spacial score (nSPS) is 31.0. The number of rotatable bonds is 0. The number of hydrogen-bond donors (Lipinski definition) is 1. The van der Waals surface area contributed by atoms with Crippen LogP contribution in [-0.4, -0.2) is 31.5 Å². The van der Waals surface area contributed by atoms with Crippen molar-refractivity contribution in [1.82, 2.24) is 5.32 Å². The zero-order valence-electron chi connectivity index (χ0n) is 6.52. The van der Waals surface area contributed by atoms with Crippen molar-refractivity contribution in [3.63, 3.8) is 0 Å². The second-order valence-electron chi connectivity index (χ2n) is 2.58. The lowest BCUT2D eigenvalue weighted by atomic mass is 10.1. The quantitative estimate of drug-likeness (QED) is 0.645. The summed E-state index contributed by atoms with van der Waals surface area (Å²) in [5.41, 5.74) is 0. The number of halogens is 4.